The van der Waals surface area contributed by atoms with E-state index in [0.29, 0.717) is 12.8 Å². The average molecular weight is 222 g/mol. The third-order valence-electron chi connectivity index (χ3n) is 2.06. The van der Waals surface area contributed by atoms with Crippen molar-refractivity contribution in [2.24, 2.45) is 5.92 Å². The second kappa shape index (κ2) is 5.07. The molecule has 6 heteroatoms. The largest absolute Gasteiger partial charge is 0.433 e. The summed E-state index contributed by atoms with van der Waals surface area (Å²) in [7, 11) is 0. The molecule has 0 bridgehead atoms. The molecule has 0 aliphatic rings. The van der Waals surface area contributed by atoms with E-state index in [1.54, 1.807) is 0 Å². The van der Waals surface area contributed by atoms with Gasteiger partial charge in [0.05, 0.1) is 12.1 Å². The fourth-order valence-corrected chi connectivity index (χ4v) is 1.27. The number of nitriles is 1. The zero-order valence-electron chi connectivity index (χ0n) is 8.67. The summed E-state index contributed by atoms with van der Waals surface area (Å²) in [6.45, 7) is 1.85. The monoisotopic (exact) mass is 222 g/mol. The van der Waals surface area contributed by atoms with Gasteiger partial charge in [-0.25, -0.2) is 0 Å². The van der Waals surface area contributed by atoms with E-state index in [-0.39, 0.29) is 5.76 Å². The van der Waals surface area contributed by atoms with Crippen molar-refractivity contribution in [3.63, 3.8) is 0 Å². The zero-order chi connectivity index (χ0) is 12.1. The summed E-state index contributed by atoms with van der Waals surface area (Å²) in [4.78, 5) is 21.3. The van der Waals surface area contributed by atoms with Crippen molar-refractivity contribution in [3.8, 4) is 6.07 Å². The lowest BCUT2D eigenvalue weighted by Crippen LogP contribution is -2.11. The standard InChI is InChI=1S/C10H10N2O4/c1-2-3-7(6-11)10(13)8-4-5-9(16-8)12(14)15/h4-5,7H,2-3H2,1H3. The van der Waals surface area contributed by atoms with Crippen LogP contribution in [-0.4, -0.2) is 10.7 Å². The van der Waals surface area contributed by atoms with E-state index in [4.69, 9.17) is 9.68 Å². The lowest BCUT2D eigenvalue weighted by Gasteiger charge is -2.02. The van der Waals surface area contributed by atoms with Crippen LogP contribution in [0.3, 0.4) is 0 Å². The number of rotatable bonds is 5. The van der Waals surface area contributed by atoms with Crippen molar-refractivity contribution in [3.05, 3.63) is 28.0 Å². The Bertz CT molecular complexity index is 444. The van der Waals surface area contributed by atoms with Crippen molar-refractivity contribution in [1.29, 1.82) is 5.26 Å². The Morgan fingerprint density at radius 1 is 1.69 bits per heavy atom. The molecule has 1 unspecified atom stereocenters. The molecule has 6 nitrogen and oxygen atoms in total. The van der Waals surface area contributed by atoms with Gasteiger partial charge in [0.1, 0.15) is 10.8 Å². The van der Waals surface area contributed by atoms with Gasteiger partial charge in [-0.2, -0.15) is 5.26 Å². The van der Waals surface area contributed by atoms with Gasteiger partial charge in [0, 0.05) is 0 Å². The van der Waals surface area contributed by atoms with Crippen LogP contribution in [0.15, 0.2) is 16.5 Å². The highest BCUT2D eigenvalue weighted by Crippen LogP contribution is 2.20. The molecule has 84 valence electrons. The summed E-state index contributed by atoms with van der Waals surface area (Å²) in [5, 5.41) is 19.1. The summed E-state index contributed by atoms with van der Waals surface area (Å²) in [6.07, 6.45) is 1.11. The molecule has 1 aromatic heterocycles. The topological polar surface area (TPSA) is 97.1 Å². The van der Waals surface area contributed by atoms with E-state index in [1.165, 1.54) is 6.07 Å². The van der Waals surface area contributed by atoms with Gasteiger partial charge in [-0.3, -0.25) is 14.9 Å². The molecule has 1 atom stereocenters. The van der Waals surface area contributed by atoms with Gasteiger partial charge in [-0.15, -0.1) is 0 Å². The fraction of sp³-hybridized carbons (Fsp3) is 0.400. The van der Waals surface area contributed by atoms with Crippen LogP contribution in [0.2, 0.25) is 0 Å². The number of hydrogen-bond donors (Lipinski definition) is 0. The number of Topliss-reactive ketones (excluding diaryl/α,β-unsaturated/α-hetero) is 1. The third-order valence-corrected chi connectivity index (χ3v) is 2.06. The number of hydrogen-bond acceptors (Lipinski definition) is 5. The highest BCUT2D eigenvalue weighted by molar-refractivity contribution is 5.97. The molecule has 0 fully saturated rings. The lowest BCUT2D eigenvalue weighted by molar-refractivity contribution is -0.402. The fourth-order valence-electron chi connectivity index (χ4n) is 1.27. The molecular weight excluding hydrogens is 212 g/mol. The minimum absolute atomic E-state index is 0.133. The smallest absolute Gasteiger partial charge is 0.397 e. The van der Waals surface area contributed by atoms with E-state index < -0.39 is 22.5 Å². The van der Waals surface area contributed by atoms with Crippen LogP contribution in [0.5, 0.6) is 0 Å². The van der Waals surface area contributed by atoms with E-state index in [2.05, 4.69) is 0 Å². The third kappa shape index (κ3) is 2.45. The second-order valence-electron chi connectivity index (χ2n) is 3.23. The van der Waals surface area contributed by atoms with Crippen LogP contribution in [-0.2, 0) is 0 Å². The van der Waals surface area contributed by atoms with Crippen molar-refractivity contribution >= 4 is 11.7 Å². The average Bonchev–Trinajstić information content (AvgIpc) is 2.74. The molecule has 0 spiro atoms. The number of nitro groups is 1. The molecule has 0 aliphatic heterocycles. The molecule has 0 amide bonds. The van der Waals surface area contributed by atoms with Gasteiger partial charge < -0.3 is 4.42 Å². The predicted molar refractivity (Wildman–Crippen MR) is 53.7 cm³/mol. The Labute approximate surface area is 91.6 Å². The predicted octanol–water partition coefficient (Wildman–Crippen LogP) is 2.31. The summed E-state index contributed by atoms with van der Waals surface area (Å²) in [5.41, 5.74) is 0. The van der Waals surface area contributed by atoms with Crippen LogP contribution in [0.4, 0.5) is 5.88 Å². The van der Waals surface area contributed by atoms with Crippen molar-refractivity contribution in [2.45, 2.75) is 19.8 Å². The number of carbonyl (C=O) groups excluding carboxylic acids is 1. The highest BCUT2D eigenvalue weighted by atomic mass is 16.6. The first-order chi connectivity index (χ1) is 7.60. The summed E-state index contributed by atoms with van der Waals surface area (Å²) in [5.74, 6) is -1.92. The molecule has 1 heterocycles. The Kier molecular flexibility index (Phi) is 3.78. The van der Waals surface area contributed by atoms with Gasteiger partial charge in [0.2, 0.25) is 5.78 Å². The van der Waals surface area contributed by atoms with Crippen molar-refractivity contribution in [1.82, 2.24) is 0 Å². The Balaban J connectivity index is 2.87. The molecule has 1 aromatic rings. The quantitative estimate of drug-likeness (QED) is 0.432. The normalized spacial score (nSPS) is 11.8. The lowest BCUT2D eigenvalue weighted by atomic mass is 9.99. The summed E-state index contributed by atoms with van der Waals surface area (Å²) >= 11 is 0. The Morgan fingerprint density at radius 2 is 2.38 bits per heavy atom. The van der Waals surface area contributed by atoms with E-state index in [9.17, 15) is 14.9 Å². The maximum Gasteiger partial charge on any atom is 0.433 e. The Morgan fingerprint density at radius 3 is 2.81 bits per heavy atom. The minimum atomic E-state index is -0.796. The van der Waals surface area contributed by atoms with Crippen LogP contribution in [0.25, 0.3) is 0 Å². The van der Waals surface area contributed by atoms with E-state index in [0.717, 1.165) is 6.07 Å². The van der Waals surface area contributed by atoms with E-state index >= 15 is 0 Å². The number of nitrogens with zero attached hydrogens (tertiary/aromatic N) is 2. The van der Waals surface area contributed by atoms with Gasteiger partial charge in [-0.05, 0) is 12.5 Å². The van der Waals surface area contributed by atoms with Gasteiger partial charge >= 0.3 is 5.88 Å². The molecular formula is C10H10N2O4. The highest BCUT2D eigenvalue weighted by Gasteiger charge is 2.24. The van der Waals surface area contributed by atoms with Gasteiger partial charge in [0.15, 0.2) is 5.76 Å². The first-order valence-corrected chi connectivity index (χ1v) is 4.78. The first kappa shape index (κ1) is 11.9. The SMILES string of the molecule is CCCC(C#N)C(=O)c1ccc([N+](=O)[O-])o1. The molecule has 0 saturated carbocycles. The van der Waals surface area contributed by atoms with Crippen LogP contribution in [0, 0.1) is 27.4 Å². The summed E-state index contributed by atoms with van der Waals surface area (Å²) < 4.78 is 4.74. The molecule has 0 saturated heterocycles. The summed E-state index contributed by atoms with van der Waals surface area (Å²) in [6, 6.07) is 4.19. The zero-order valence-corrected chi connectivity index (χ0v) is 8.67. The Hall–Kier alpha value is -2.16. The molecule has 0 aromatic carbocycles. The molecule has 1 rings (SSSR count). The first-order valence-electron chi connectivity index (χ1n) is 4.78. The van der Waals surface area contributed by atoms with Crippen LogP contribution >= 0.6 is 0 Å². The van der Waals surface area contributed by atoms with Crippen LogP contribution in [0.1, 0.15) is 30.3 Å². The number of ketones is 1. The number of furan rings is 1. The van der Waals surface area contributed by atoms with Crippen molar-refractivity contribution < 1.29 is 14.1 Å². The number of carbonyl (C=O) groups is 1. The van der Waals surface area contributed by atoms with Crippen LogP contribution < -0.4 is 0 Å². The second-order valence-corrected chi connectivity index (χ2v) is 3.23. The van der Waals surface area contributed by atoms with Gasteiger partial charge in [-0.1, -0.05) is 13.3 Å². The molecule has 0 aliphatic carbocycles. The molecule has 0 N–H and O–H groups in total. The van der Waals surface area contributed by atoms with Crippen molar-refractivity contribution in [2.75, 3.05) is 0 Å². The maximum absolute atomic E-state index is 11.7. The minimum Gasteiger partial charge on any atom is -0.397 e. The van der Waals surface area contributed by atoms with Gasteiger partial charge in [0.25, 0.3) is 0 Å². The maximum atomic E-state index is 11.7. The van der Waals surface area contributed by atoms with E-state index in [1.807, 2.05) is 13.0 Å². The molecule has 16 heavy (non-hydrogen) atoms. The molecule has 0 radical (unpaired) electrons.